The normalized spacial score (nSPS) is 25.3. The van der Waals surface area contributed by atoms with Gasteiger partial charge in [0.2, 0.25) is 11.8 Å². The number of hydrogen-bond acceptors (Lipinski definition) is 5. The Bertz CT molecular complexity index is 673. The minimum Gasteiger partial charge on any atom is -0.419 e. The van der Waals surface area contributed by atoms with E-state index in [1.165, 1.54) is 19.3 Å². The van der Waals surface area contributed by atoms with Crippen LogP contribution in [-0.2, 0) is 11.3 Å². The molecule has 1 aromatic heterocycles. The minimum absolute atomic E-state index is 0.364. The van der Waals surface area contributed by atoms with E-state index in [1.807, 2.05) is 24.3 Å². The Morgan fingerprint density at radius 1 is 1.17 bits per heavy atom. The van der Waals surface area contributed by atoms with E-state index in [2.05, 4.69) is 15.1 Å². The lowest BCUT2D eigenvalue weighted by Gasteiger charge is -2.43. The molecular formula is C17H20ClN3O2. The highest BCUT2D eigenvalue weighted by atomic mass is 35.5. The number of benzene rings is 1. The fraction of sp³-hybridized carbons (Fsp3) is 0.529. The third-order valence-electron chi connectivity index (χ3n) is 4.76. The first kappa shape index (κ1) is 15.1. The third-order valence-corrected chi connectivity index (χ3v) is 5.09. The second-order valence-corrected chi connectivity index (χ2v) is 6.62. The molecule has 0 amide bonds. The first-order chi connectivity index (χ1) is 11.3. The first-order valence-corrected chi connectivity index (χ1v) is 8.62. The fourth-order valence-corrected chi connectivity index (χ4v) is 3.82. The molecule has 122 valence electrons. The standard InChI is InChI=1S/C17H20ClN3O2/c18-13-6-2-1-5-12(13)17-20-19-16(23-17)11-21-9-10-22-15-8-4-3-7-14(15)21/h1-2,5-6,14-15H,3-4,7-11H2. The number of rotatable bonds is 3. The van der Waals surface area contributed by atoms with Crippen LogP contribution < -0.4 is 0 Å². The number of hydrogen-bond donors (Lipinski definition) is 0. The molecule has 0 N–H and O–H groups in total. The molecule has 2 aliphatic rings. The summed E-state index contributed by atoms with van der Waals surface area (Å²) in [5.74, 6) is 1.13. The van der Waals surface area contributed by atoms with Crippen molar-refractivity contribution in [2.75, 3.05) is 13.2 Å². The predicted octanol–water partition coefficient (Wildman–Crippen LogP) is 3.53. The van der Waals surface area contributed by atoms with Crippen LogP contribution in [0.5, 0.6) is 0 Å². The van der Waals surface area contributed by atoms with E-state index in [9.17, 15) is 0 Å². The Labute approximate surface area is 140 Å². The Morgan fingerprint density at radius 2 is 2.04 bits per heavy atom. The van der Waals surface area contributed by atoms with Crippen LogP contribution in [0.25, 0.3) is 11.5 Å². The summed E-state index contributed by atoms with van der Waals surface area (Å²) < 4.78 is 11.8. The SMILES string of the molecule is Clc1ccccc1-c1nnc(CN2CCOC3CCCCC32)o1. The Morgan fingerprint density at radius 3 is 2.96 bits per heavy atom. The maximum atomic E-state index is 6.20. The predicted molar refractivity (Wildman–Crippen MR) is 87.2 cm³/mol. The summed E-state index contributed by atoms with van der Waals surface area (Å²) in [5, 5.41) is 8.99. The molecule has 0 spiro atoms. The average Bonchev–Trinajstić information content (AvgIpc) is 3.04. The van der Waals surface area contributed by atoms with Crippen LogP contribution in [0.2, 0.25) is 5.02 Å². The van der Waals surface area contributed by atoms with Crippen LogP contribution in [-0.4, -0.2) is 40.4 Å². The van der Waals surface area contributed by atoms with Gasteiger partial charge in [0.25, 0.3) is 0 Å². The molecule has 6 heteroatoms. The quantitative estimate of drug-likeness (QED) is 0.860. The van der Waals surface area contributed by atoms with Gasteiger partial charge in [-0.2, -0.15) is 0 Å². The number of aromatic nitrogens is 2. The molecule has 0 radical (unpaired) electrons. The molecule has 1 saturated carbocycles. The monoisotopic (exact) mass is 333 g/mol. The van der Waals surface area contributed by atoms with Crippen LogP contribution >= 0.6 is 11.6 Å². The minimum atomic E-state index is 0.364. The molecule has 1 aliphatic carbocycles. The van der Waals surface area contributed by atoms with Gasteiger partial charge < -0.3 is 9.15 Å². The van der Waals surface area contributed by atoms with E-state index in [-0.39, 0.29) is 0 Å². The van der Waals surface area contributed by atoms with Gasteiger partial charge in [0.05, 0.1) is 29.8 Å². The van der Waals surface area contributed by atoms with E-state index in [0.717, 1.165) is 25.1 Å². The Hall–Kier alpha value is -1.43. The zero-order valence-electron chi connectivity index (χ0n) is 12.9. The topological polar surface area (TPSA) is 51.4 Å². The van der Waals surface area contributed by atoms with Gasteiger partial charge in [0.1, 0.15) is 0 Å². The Balaban J connectivity index is 1.50. The molecule has 2 atom stereocenters. The van der Waals surface area contributed by atoms with Crippen molar-refractivity contribution >= 4 is 11.6 Å². The van der Waals surface area contributed by atoms with Gasteiger partial charge >= 0.3 is 0 Å². The lowest BCUT2D eigenvalue weighted by molar-refractivity contribution is -0.0930. The summed E-state index contributed by atoms with van der Waals surface area (Å²) >= 11 is 6.20. The second-order valence-electron chi connectivity index (χ2n) is 6.21. The second kappa shape index (κ2) is 6.59. The van der Waals surface area contributed by atoms with Crippen molar-refractivity contribution in [1.82, 2.24) is 15.1 Å². The molecule has 1 aromatic carbocycles. The van der Waals surface area contributed by atoms with Crippen LogP contribution in [0.4, 0.5) is 0 Å². The van der Waals surface area contributed by atoms with E-state index in [4.69, 9.17) is 20.8 Å². The zero-order valence-corrected chi connectivity index (χ0v) is 13.7. The number of nitrogens with zero attached hydrogens (tertiary/aromatic N) is 3. The summed E-state index contributed by atoms with van der Waals surface area (Å²) in [6.07, 6.45) is 5.26. The number of fused-ring (bicyclic) bond motifs is 1. The molecule has 1 aliphatic heterocycles. The van der Waals surface area contributed by atoms with Crippen LogP contribution in [0.15, 0.2) is 28.7 Å². The van der Waals surface area contributed by atoms with Crippen molar-refractivity contribution in [2.45, 2.75) is 44.4 Å². The smallest absolute Gasteiger partial charge is 0.249 e. The van der Waals surface area contributed by atoms with Crippen molar-refractivity contribution in [3.8, 4) is 11.5 Å². The first-order valence-electron chi connectivity index (χ1n) is 8.24. The highest BCUT2D eigenvalue weighted by molar-refractivity contribution is 6.33. The van der Waals surface area contributed by atoms with Crippen LogP contribution in [0.1, 0.15) is 31.6 Å². The molecule has 2 aromatic rings. The van der Waals surface area contributed by atoms with E-state index >= 15 is 0 Å². The molecular weight excluding hydrogens is 314 g/mol. The summed E-state index contributed by atoms with van der Waals surface area (Å²) in [5.41, 5.74) is 0.783. The molecule has 23 heavy (non-hydrogen) atoms. The summed E-state index contributed by atoms with van der Waals surface area (Å²) in [6, 6.07) is 8.01. The van der Waals surface area contributed by atoms with Gasteiger partial charge in [-0.05, 0) is 25.0 Å². The van der Waals surface area contributed by atoms with Crippen molar-refractivity contribution in [3.05, 3.63) is 35.2 Å². The van der Waals surface area contributed by atoms with E-state index < -0.39 is 0 Å². The van der Waals surface area contributed by atoms with Crippen molar-refractivity contribution < 1.29 is 9.15 Å². The van der Waals surface area contributed by atoms with Gasteiger partial charge in [0, 0.05) is 12.6 Å². The number of morpholine rings is 1. The highest BCUT2D eigenvalue weighted by Gasteiger charge is 2.34. The number of halogens is 1. The van der Waals surface area contributed by atoms with E-state index in [1.54, 1.807) is 0 Å². The summed E-state index contributed by atoms with van der Waals surface area (Å²) in [6.45, 7) is 2.39. The van der Waals surface area contributed by atoms with Crippen LogP contribution in [0, 0.1) is 0 Å². The average molecular weight is 334 g/mol. The molecule has 1 saturated heterocycles. The maximum Gasteiger partial charge on any atom is 0.249 e. The molecule has 4 rings (SSSR count). The summed E-state index contributed by atoms with van der Waals surface area (Å²) in [7, 11) is 0. The molecule has 0 bridgehead atoms. The van der Waals surface area contributed by atoms with Gasteiger partial charge in [0.15, 0.2) is 0 Å². The fourth-order valence-electron chi connectivity index (χ4n) is 3.61. The van der Waals surface area contributed by atoms with Crippen molar-refractivity contribution in [3.63, 3.8) is 0 Å². The third kappa shape index (κ3) is 3.13. The van der Waals surface area contributed by atoms with Crippen LogP contribution in [0.3, 0.4) is 0 Å². The summed E-state index contributed by atoms with van der Waals surface area (Å²) in [4.78, 5) is 2.43. The zero-order chi connectivity index (χ0) is 15.6. The lowest BCUT2D eigenvalue weighted by atomic mass is 9.90. The maximum absolute atomic E-state index is 6.20. The molecule has 2 unspecified atom stereocenters. The van der Waals surface area contributed by atoms with E-state index in [0.29, 0.717) is 35.5 Å². The van der Waals surface area contributed by atoms with Gasteiger partial charge in [-0.25, -0.2) is 0 Å². The number of ether oxygens (including phenoxy) is 1. The van der Waals surface area contributed by atoms with Gasteiger partial charge in [-0.15, -0.1) is 10.2 Å². The highest BCUT2D eigenvalue weighted by Crippen LogP contribution is 2.30. The van der Waals surface area contributed by atoms with Gasteiger partial charge in [-0.3, -0.25) is 4.90 Å². The molecule has 2 heterocycles. The van der Waals surface area contributed by atoms with Gasteiger partial charge in [-0.1, -0.05) is 36.6 Å². The largest absolute Gasteiger partial charge is 0.419 e. The van der Waals surface area contributed by atoms with Crippen molar-refractivity contribution in [2.24, 2.45) is 0 Å². The Kier molecular flexibility index (Phi) is 4.33. The molecule has 2 fully saturated rings. The molecule has 5 nitrogen and oxygen atoms in total. The van der Waals surface area contributed by atoms with Crippen molar-refractivity contribution in [1.29, 1.82) is 0 Å². The lowest BCUT2D eigenvalue weighted by Crippen LogP contribution is -2.52.